The fourth-order valence-corrected chi connectivity index (χ4v) is 0.454. The second-order valence-corrected chi connectivity index (χ2v) is 1.98. The van der Waals surface area contributed by atoms with Gasteiger partial charge in [-0.1, -0.05) is 13.2 Å². The molecule has 0 saturated heterocycles. The van der Waals surface area contributed by atoms with E-state index in [0.29, 0.717) is 0 Å². The van der Waals surface area contributed by atoms with Crippen LogP contribution >= 0.6 is 0 Å². The van der Waals surface area contributed by atoms with E-state index in [1.54, 1.807) is 0 Å². The largest absolute Gasteiger partial charge is 0.479 e. The van der Waals surface area contributed by atoms with Crippen molar-refractivity contribution in [3.63, 3.8) is 0 Å². The predicted octanol–water partition coefficient (Wildman–Crippen LogP) is 1.99. The first-order valence-electron chi connectivity index (χ1n) is 2.56. The summed E-state index contributed by atoms with van der Waals surface area (Å²) in [6.45, 7) is -3.51. The highest BCUT2D eigenvalue weighted by Gasteiger charge is 2.25. The van der Waals surface area contributed by atoms with Crippen molar-refractivity contribution in [2.45, 2.75) is 13.2 Å². The molecule has 0 aliphatic heterocycles. The lowest BCUT2D eigenvalue weighted by Crippen LogP contribution is -2.17. The molecule has 0 N–H and O–H groups in total. The first kappa shape index (κ1) is 8.34. The zero-order valence-electron chi connectivity index (χ0n) is 4.94. The monoisotopic (exact) mass is 136 g/mol. The Balaban J connectivity index is 3.63. The van der Waals surface area contributed by atoms with Crippen molar-refractivity contribution in [1.29, 1.82) is 5.26 Å². The van der Waals surface area contributed by atoms with Crippen molar-refractivity contribution in [2.24, 2.45) is 5.92 Å². The van der Waals surface area contributed by atoms with Gasteiger partial charge in [0.25, 0.3) is 0 Å². The van der Waals surface area contributed by atoms with Gasteiger partial charge in [-0.05, 0) is 0 Å². The molecule has 0 amide bonds. The molecule has 0 saturated carbocycles. The van der Waals surface area contributed by atoms with Crippen LogP contribution in [-0.2, 0) is 0 Å². The average Bonchev–Trinajstić information content (AvgIpc) is 1.62. The molecule has 0 heterocycles. The molecule has 0 spiro atoms. The Morgan fingerprint density at radius 2 is 2.00 bits per heavy atom. The smallest absolute Gasteiger partial charge is 0.449 e. The molecule has 0 fully saturated rings. The van der Waals surface area contributed by atoms with E-state index in [1.807, 2.05) is 0 Å². The van der Waals surface area contributed by atoms with Gasteiger partial charge in [0.15, 0.2) is 0 Å². The maximum atomic E-state index is 11.4. The van der Waals surface area contributed by atoms with Crippen molar-refractivity contribution in [2.75, 3.05) is 0 Å². The first-order valence-corrected chi connectivity index (χ1v) is 2.56. The number of halogens is 3. The molecular weight excluding hydrogens is 130 g/mol. The maximum absolute atomic E-state index is 11.4. The summed E-state index contributed by atoms with van der Waals surface area (Å²) in [5.74, 6) is -0.898. The molecule has 0 radical (unpaired) electrons. The predicted molar refractivity (Wildman–Crippen MR) is 28.7 cm³/mol. The van der Waals surface area contributed by atoms with Crippen LogP contribution in [0, 0.1) is 17.2 Å². The zero-order chi connectivity index (χ0) is 7.49. The number of rotatable bonds is 2. The normalized spacial score (nSPS) is 14.6. The van der Waals surface area contributed by atoms with E-state index >= 15 is 0 Å². The SMILES string of the molecule is CC(C#N)C[B-](F)(F)F. The van der Waals surface area contributed by atoms with E-state index < -0.39 is 19.2 Å². The second kappa shape index (κ2) is 2.76. The van der Waals surface area contributed by atoms with Gasteiger partial charge in [-0.25, -0.2) is 0 Å². The van der Waals surface area contributed by atoms with E-state index in [4.69, 9.17) is 5.26 Å². The van der Waals surface area contributed by atoms with Crippen LogP contribution in [0.25, 0.3) is 0 Å². The minimum Gasteiger partial charge on any atom is -0.449 e. The molecule has 0 aromatic carbocycles. The van der Waals surface area contributed by atoms with Crippen molar-refractivity contribution in [3.05, 3.63) is 0 Å². The van der Waals surface area contributed by atoms with E-state index in [9.17, 15) is 12.9 Å². The maximum Gasteiger partial charge on any atom is 0.479 e. The lowest BCUT2D eigenvalue weighted by molar-refractivity contribution is 0.455. The van der Waals surface area contributed by atoms with Crippen molar-refractivity contribution in [1.82, 2.24) is 0 Å². The van der Waals surface area contributed by atoms with Crippen LogP contribution < -0.4 is 0 Å². The Labute approximate surface area is 51.5 Å². The van der Waals surface area contributed by atoms with E-state index in [2.05, 4.69) is 0 Å². The molecule has 5 heteroatoms. The van der Waals surface area contributed by atoms with Gasteiger partial charge in [-0.2, -0.15) is 5.26 Å². The molecule has 1 atom stereocenters. The molecule has 0 rings (SSSR count). The summed E-state index contributed by atoms with van der Waals surface area (Å²) in [6.07, 6.45) is -0.948. The van der Waals surface area contributed by atoms with Gasteiger partial charge in [-0.3, -0.25) is 0 Å². The fourth-order valence-electron chi connectivity index (χ4n) is 0.454. The fraction of sp³-hybridized carbons (Fsp3) is 0.750. The van der Waals surface area contributed by atoms with Crippen LogP contribution in [0.5, 0.6) is 0 Å². The van der Waals surface area contributed by atoms with Gasteiger partial charge in [0, 0.05) is 5.92 Å². The molecule has 0 aliphatic carbocycles. The highest BCUT2D eigenvalue weighted by Crippen LogP contribution is 2.19. The Hall–Kier alpha value is -0.655. The standard InChI is InChI=1S/C4H6BF3N/c1-4(3-9)2-5(6,7)8/h4H,2H2,1H3/q-1. The van der Waals surface area contributed by atoms with Gasteiger partial charge < -0.3 is 12.9 Å². The highest BCUT2D eigenvalue weighted by atomic mass is 19.4. The number of nitriles is 1. The summed E-state index contributed by atoms with van der Waals surface area (Å²) in [7, 11) is 0. The molecular formula is C4H6BF3N-. The Morgan fingerprint density at radius 1 is 1.56 bits per heavy atom. The zero-order valence-corrected chi connectivity index (χ0v) is 4.94. The van der Waals surface area contributed by atoms with Crippen LogP contribution in [0.4, 0.5) is 12.9 Å². The summed E-state index contributed by atoms with van der Waals surface area (Å²) in [5.41, 5.74) is 0. The van der Waals surface area contributed by atoms with Gasteiger partial charge in [0.05, 0.1) is 6.07 Å². The Kier molecular flexibility index (Phi) is 2.56. The molecule has 0 aromatic heterocycles. The van der Waals surface area contributed by atoms with E-state index in [0.717, 1.165) is 0 Å². The third-order valence-electron chi connectivity index (χ3n) is 0.841. The van der Waals surface area contributed by atoms with Gasteiger partial charge in [0.2, 0.25) is 0 Å². The molecule has 1 nitrogen and oxygen atoms in total. The third kappa shape index (κ3) is 5.21. The minimum absolute atomic E-state index is 0.898. The number of hydrogen-bond donors (Lipinski definition) is 0. The lowest BCUT2D eigenvalue weighted by atomic mass is 9.80. The topological polar surface area (TPSA) is 23.8 Å². The molecule has 52 valence electrons. The van der Waals surface area contributed by atoms with Crippen LogP contribution in [0.2, 0.25) is 6.32 Å². The molecule has 1 unspecified atom stereocenters. The van der Waals surface area contributed by atoms with E-state index in [1.165, 1.54) is 13.0 Å². The summed E-state index contributed by atoms with van der Waals surface area (Å²) in [6, 6.07) is 1.52. The molecule has 0 bridgehead atoms. The molecule has 0 aromatic rings. The Bertz CT molecular complexity index is 125. The van der Waals surface area contributed by atoms with Crippen molar-refractivity contribution < 1.29 is 12.9 Å². The van der Waals surface area contributed by atoms with Gasteiger partial charge in [-0.15, -0.1) is 0 Å². The van der Waals surface area contributed by atoms with Crippen LogP contribution in [-0.4, -0.2) is 6.98 Å². The number of hydrogen-bond acceptors (Lipinski definition) is 1. The summed E-state index contributed by atoms with van der Waals surface area (Å²) in [4.78, 5) is 0. The number of nitrogens with zero attached hydrogens (tertiary/aromatic N) is 1. The van der Waals surface area contributed by atoms with Crippen molar-refractivity contribution >= 4 is 6.98 Å². The summed E-state index contributed by atoms with van der Waals surface area (Å²) >= 11 is 0. The van der Waals surface area contributed by atoms with E-state index in [-0.39, 0.29) is 0 Å². The molecule has 9 heavy (non-hydrogen) atoms. The van der Waals surface area contributed by atoms with Crippen LogP contribution in [0.3, 0.4) is 0 Å². The first-order chi connectivity index (χ1) is 3.95. The van der Waals surface area contributed by atoms with Crippen LogP contribution in [0.15, 0.2) is 0 Å². The second-order valence-electron chi connectivity index (χ2n) is 1.98. The van der Waals surface area contributed by atoms with Gasteiger partial charge >= 0.3 is 6.98 Å². The summed E-state index contributed by atoms with van der Waals surface area (Å²) in [5, 5.41) is 7.96. The van der Waals surface area contributed by atoms with Crippen molar-refractivity contribution in [3.8, 4) is 6.07 Å². The molecule has 0 aliphatic rings. The minimum atomic E-state index is -4.77. The lowest BCUT2D eigenvalue weighted by Gasteiger charge is -2.13. The average molecular weight is 136 g/mol. The highest BCUT2D eigenvalue weighted by molar-refractivity contribution is 6.58. The quantitative estimate of drug-likeness (QED) is 0.532. The summed E-state index contributed by atoms with van der Waals surface area (Å²) < 4.78 is 34.2. The Morgan fingerprint density at radius 3 is 2.11 bits per heavy atom. The van der Waals surface area contributed by atoms with Crippen LogP contribution in [0.1, 0.15) is 6.92 Å². The van der Waals surface area contributed by atoms with Gasteiger partial charge in [0.1, 0.15) is 0 Å². The third-order valence-corrected chi connectivity index (χ3v) is 0.841.